The van der Waals surface area contributed by atoms with Gasteiger partial charge in [0.05, 0.1) is 0 Å². The first kappa shape index (κ1) is 38.9. The summed E-state index contributed by atoms with van der Waals surface area (Å²) in [5, 5.41) is 3.52. The predicted molar refractivity (Wildman–Crippen MR) is 179 cm³/mol. The monoisotopic (exact) mass is 552 g/mol. The summed E-state index contributed by atoms with van der Waals surface area (Å²) in [4.78, 5) is 0. The van der Waals surface area contributed by atoms with Gasteiger partial charge < -0.3 is 16.8 Å². The quantitative estimate of drug-likeness (QED) is 0.0697. The SMILES string of the molecule is CCCCCCCCCCCCCCCCC(N)(CCCCCCCCCCCCCCCC)CNCCN. The molecule has 0 heterocycles. The molecule has 0 saturated heterocycles. The summed E-state index contributed by atoms with van der Waals surface area (Å²) in [6.45, 7) is 7.12. The van der Waals surface area contributed by atoms with Crippen LogP contribution >= 0.6 is 0 Å². The summed E-state index contributed by atoms with van der Waals surface area (Å²) in [7, 11) is 0. The fourth-order valence-corrected chi connectivity index (χ4v) is 6.08. The number of hydrogen-bond donors (Lipinski definition) is 3. The summed E-state index contributed by atoms with van der Waals surface area (Å²) in [6, 6.07) is 0. The Kier molecular flexibility index (Phi) is 32.3. The highest BCUT2D eigenvalue weighted by Crippen LogP contribution is 2.22. The van der Waals surface area contributed by atoms with E-state index in [1.54, 1.807) is 0 Å². The lowest BCUT2D eigenvalue weighted by Crippen LogP contribution is -2.49. The first-order valence-electron chi connectivity index (χ1n) is 18.4. The van der Waals surface area contributed by atoms with Gasteiger partial charge in [-0.05, 0) is 12.8 Å². The zero-order valence-electron chi connectivity index (χ0n) is 27.5. The van der Waals surface area contributed by atoms with Crippen molar-refractivity contribution in [1.82, 2.24) is 5.32 Å². The lowest BCUT2D eigenvalue weighted by atomic mass is 9.87. The highest BCUT2D eigenvalue weighted by atomic mass is 14.9. The van der Waals surface area contributed by atoms with Crippen LogP contribution in [-0.2, 0) is 0 Å². The van der Waals surface area contributed by atoms with Crippen LogP contribution in [-0.4, -0.2) is 25.2 Å². The van der Waals surface area contributed by atoms with E-state index in [1.165, 1.54) is 193 Å². The van der Waals surface area contributed by atoms with Gasteiger partial charge in [0.25, 0.3) is 0 Å². The molecule has 0 aliphatic heterocycles. The molecule has 0 spiro atoms. The molecule has 0 aromatic heterocycles. The van der Waals surface area contributed by atoms with E-state index in [1.807, 2.05) is 0 Å². The minimum absolute atomic E-state index is 0.0383. The van der Waals surface area contributed by atoms with Crippen molar-refractivity contribution in [3.8, 4) is 0 Å². The smallest absolute Gasteiger partial charge is 0.0280 e. The van der Waals surface area contributed by atoms with Crippen LogP contribution in [0, 0.1) is 0 Å². The molecular formula is C36H77N3. The van der Waals surface area contributed by atoms with Crippen LogP contribution in [0.5, 0.6) is 0 Å². The maximum absolute atomic E-state index is 6.93. The Bertz CT molecular complexity index is 407. The van der Waals surface area contributed by atoms with Crippen LogP contribution in [0.4, 0.5) is 0 Å². The Balaban J connectivity index is 3.71. The van der Waals surface area contributed by atoms with Gasteiger partial charge in [0.2, 0.25) is 0 Å². The minimum atomic E-state index is -0.0383. The Morgan fingerprint density at radius 1 is 0.410 bits per heavy atom. The molecule has 0 atom stereocenters. The molecule has 0 bridgehead atoms. The van der Waals surface area contributed by atoms with Crippen LogP contribution in [0.3, 0.4) is 0 Å². The highest BCUT2D eigenvalue weighted by Gasteiger charge is 2.23. The van der Waals surface area contributed by atoms with Crippen molar-refractivity contribution >= 4 is 0 Å². The third-order valence-corrected chi connectivity index (χ3v) is 8.85. The van der Waals surface area contributed by atoms with E-state index in [9.17, 15) is 0 Å². The maximum Gasteiger partial charge on any atom is 0.0280 e. The van der Waals surface area contributed by atoms with Gasteiger partial charge in [-0.25, -0.2) is 0 Å². The highest BCUT2D eigenvalue weighted by molar-refractivity contribution is 4.86. The average Bonchev–Trinajstić information content (AvgIpc) is 2.93. The molecule has 39 heavy (non-hydrogen) atoms. The molecule has 0 fully saturated rings. The van der Waals surface area contributed by atoms with E-state index in [4.69, 9.17) is 11.5 Å². The van der Waals surface area contributed by atoms with Crippen LogP contribution in [0.2, 0.25) is 0 Å². The van der Waals surface area contributed by atoms with E-state index in [0.717, 1.165) is 13.1 Å². The van der Waals surface area contributed by atoms with Gasteiger partial charge in [-0.3, -0.25) is 0 Å². The van der Waals surface area contributed by atoms with E-state index in [-0.39, 0.29) is 5.54 Å². The van der Waals surface area contributed by atoms with Gasteiger partial charge in [0.15, 0.2) is 0 Å². The molecule has 0 unspecified atom stereocenters. The van der Waals surface area contributed by atoms with Crippen LogP contribution in [0.25, 0.3) is 0 Å². The second-order valence-electron chi connectivity index (χ2n) is 13.0. The molecule has 0 aromatic rings. The first-order valence-corrected chi connectivity index (χ1v) is 18.4. The van der Waals surface area contributed by atoms with Gasteiger partial charge in [0, 0.05) is 25.2 Å². The maximum atomic E-state index is 6.93. The van der Waals surface area contributed by atoms with Gasteiger partial charge in [-0.2, -0.15) is 0 Å². The van der Waals surface area contributed by atoms with Crippen molar-refractivity contribution in [2.45, 2.75) is 212 Å². The Labute approximate surface area is 248 Å². The van der Waals surface area contributed by atoms with E-state index < -0.39 is 0 Å². The average molecular weight is 552 g/mol. The number of rotatable bonds is 34. The zero-order chi connectivity index (χ0) is 28.5. The van der Waals surface area contributed by atoms with Gasteiger partial charge >= 0.3 is 0 Å². The molecule has 3 heteroatoms. The number of hydrogen-bond acceptors (Lipinski definition) is 3. The van der Waals surface area contributed by atoms with Crippen molar-refractivity contribution in [2.24, 2.45) is 11.5 Å². The molecular weight excluding hydrogens is 474 g/mol. The summed E-state index contributed by atoms with van der Waals surface area (Å²) >= 11 is 0. The second-order valence-corrected chi connectivity index (χ2v) is 13.0. The van der Waals surface area contributed by atoms with E-state index >= 15 is 0 Å². The van der Waals surface area contributed by atoms with Gasteiger partial charge in [0.1, 0.15) is 0 Å². The summed E-state index contributed by atoms with van der Waals surface area (Å²) in [5.74, 6) is 0. The molecule has 0 amide bonds. The normalized spacial score (nSPS) is 12.0. The molecule has 236 valence electrons. The fraction of sp³-hybridized carbons (Fsp3) is 1.00. The third kappa shape index (κ3) is 30.7. The molecule has 0 rings (SSSR count). The van der Waals surface area contributed by atoms with E-state index in [2.05, 4.69) is 19.2 Å². The van der Waals surface area contributed by atoms with Crippen molar-refractivity contribution in [3.63, 3.8) is 0 Å². The van der Waals surface area contributed by atoms with Crippen molar-refractivity contribution in [3.05, 3.63) is 0 Å². The van der Waals surface area contributed by atoms with Crippen LogP contribution in [0.15, 0.2) is 0 Å². The Morgan fingerprint density at radius 3 is 0.923 bits per heavy atom. The van der Waals surface area contributed by atoms with Crippen molar-refractivity contribution in [1.29, 1.82) is 0 Å². The predicted octanol–water partition coefficient (Wildman–Crippen LogP) is 11.0. The third-order valence-electron chi connectivity index (χ3n) is 8.85. The van der Waals surface area contributed by atoms with Crippen LogP contribution in [0.1, 0.15) is 206 Å². The van der Waals surface area contributed by atoms with Gasteiger partial charge in [-0.15, -0.1) is 0 Å². The Morgan fingerprint density at radius 2 is 0.667 bits per heavy atom. The zero-order valence-corrected chi connectivity index (χ0v) is 27.5. The number of unbranched alkanes of at least 4 members (excludes halogenated alkanes) is 26. The molecule has 0 aliphatic carbocycles. The molecule has 0 aliphatic rings. The fourth-order valence-electron chi connectivity index (χ4n) is 6.08. The lowest BCUT2D eigenvalue weighted by molar-refractivity contribution is 0.319. The van der Waals surface area contributed by atoms with Crippen molar-refractivity contribution in [2.75, 3.05) is 19.6 Å². The molecule has 0 saturated carbocycles. The van der Waals surface area contributed by atoms with E-state index in [0.29, 0.717) is 6.54 Å². The molecule has 0 radical (unpaired) electrons. The standard InChI is InChI=1S/C36H77N3/c1-3-5-7-9-11-13-15-17-19-21-23-25-27-29-31-36(38,35-39-34-33-37)32-30-28-26-24-22-20-18-16-14-12-10-8-6-4-2/h39H,3-35,37-38H2,1-2H3. The summed E-state index contributed by atoms with van der Waals surface area (Å²) in [6.07, 6.45) is 42.0. The lowest BCUT2D eigenvalue weighted by Gasteiger charge is -2.30. The first-order chi connectivity index (χ1) is 19.2. The minimum Gasteiger partial charge on any atom is -0.329 e. The summed E-state index contributed by atoms with van der Waals surface area (Å²) in [5.41, 5.74) is 12.6. The number of nitrogens with two attached hydrogens (primary N) is 2. The second kappa shape index (κ2) is 32.4. The van der Waals surface area contributed by atoms with Gasteiger partial charge in [-0.1, -0.05) is 194 Å². The largest absolute Gasteiger partial charge is 0.329 e. The molecule has 0 aromatic carbocycles. The molecule has 5 N–H and O–H groups in total. The molecule has 3 nitrogen and oxygen atoms in total. The van der Waals surface area contributed by atoms with Crippen molar-refractivity contribution < 1.29 is 0 Å². The Hall–Kier alpha value is -0.120. The topological polar surface area (TPSA) is 64.1 Å². The summed E-state index contributed by atoms with van der Waals surface area (Å²) < 4.78 is 0. The number of nitrogens with one attached hydrogen (secondary N) is 1. The van der Waals surface area contributed by atoms with Crippen LogP contribution < -0.4 is 16.8 Å².